The molecule has 0 saturated carbocycles. The molecule has 0 spiro atoms. The summed E-state index contributed by atoms with van der Waals surface area (Å²) >= 11 is 1.61. The molecule has 0 bridgehead atoms. The van der Waals surface area contributed by atoms with E-state index in [0.717, 1.165) is 34.6 Å². The van der Waals surface area contributed by atoms with Crippen LogP contribution in [-0.4, -0.2) is 9.49 Å². The molecule has 0 fully saturated rings. The standard InChI is InChI=1S/C24H29N3O2S/c1-17(2)7-5-9-19(4)26-23(20-11-13-22(14-12-20)27(28)29)16-30-24(26)25-21-10-6-8-18(3)15-21/h6,8,10-17,19H,5,7,9H2,1-4H3. The Morgan fingerprint density at radius 3 is 2.47 bits per heavy atom. The van der Waals surface area contributed by atoms with Crippen molar-refractivity contribution in [1.82, 2.24) is 4.57 Å². The Morgan fingerprint density at radius 2 is 1.83 bits per heavy atom. The van der Waals surface area contributed by atoms with Gasteiger partial charge < -0.3 is 4.57 Å². The molecule has 6 heteroatoms. The molecule has 1 atom stereocenters. The van der Waals surface area contributed by atoms with E-state index >= 15 is 0 Å². The number of non-ortho nitro benzene ring substituents is 1. The van der Waals surface area contributed by atoms with Gasteiger partial charge in [-0.25, -0.2) is 4.99 Å². The maximum atomic E-state index is 11.0. The quantitative estimate of drug-likeness (QED) is 0.288. The number of hydrogen-bond donors (Lipinski definition) is 0. The van der Waals surface area contributed by atoms with Crippen molar-refractivity contribution in [3.05, 3.63) is 74.4 Å². The molecule has 0 saturated heterocycles. The van der Waals surface area contributed by atoms with Gasteiger partial charge in [0, 0.05) is 23.6 Å². The van der Waals surface area contributed by atoms with E-state index in [-0.39, 0.29) is 16.7 Å². The molecular weight excluding hydrogens is 394 g/mol. The van der Waals surface area contributed by atoms with Gasteiger partial charge in [0.05, 0.1) is 16.3 Å². The zero-order valence-electron chi connectivity index (χ0n) is 18.0. The summed E-state index contributed by atoms with van der Waals surface area (Å²) in [4.78, 5) is 16.5. The van der Waals surface area contributed by atoms with Crippen molar-refractivity contribution in [3.63, 3.8) is 0 Å². The number of aryl methyl sites for hydroxylation is 1. The van der Waals surface area contributed by atoms with E-state index in [1.165, 1.54) is 12.0 Å². The van der Waals surface area contributed by atoms with Crippen LogP contribution in [0.2, 0.25) is 0 Å². The molecule has 0 aliphatic carbocycles. The van der Waals surface area contributed by atoms with Crippen LogP contribution in [0.1, 0.15) is 51.6 Å². The molecule has 1 heterocycles. The summed E-state index contributed by atoms with van der Waals surface area (Å²) in [6, 6.07) is 15.3. The average molecular weight is 424 g/mol. The Kier molecular flexibility index (Phi) is 7.21. The van der Waals surface area contributed by atoms with Gasteiger partial charge in [-0.15, -0.1) is 11.3 Å². The van der Waals surface area contributed by atoms with Gasteiger partial charge in [0.2, 0.25) is 0 Å². The molecule has 158 valence electrons. The molecule has 2 aromatic carbocycles. The molecule has 5 nitrogen and oxygen atoms in total. The minimum Gasteiger partial charge on any atom is -0.314 e. The van der Waals surface area contributed by atoms with Crippen LogP contribution in [-0.2, 0) is 0 Å². The highest BCUT2D eigenvalue weighted by Gasteiger charge is 2.15. The van der Waals surface area contributed by atoms with Crippen LogP contribution in [0.5, 0.6) is 0 Å². The zero-order valence-corrected chi connectivity index (χ0v) is 18.9. The van der Waals surface area contributed by atoms with Gasteiger partial charge in [0.25, 0.3) is 5.69 Å². The maximum Gasteiger partial charge on any atom is 0.269 e. The minimum absolute atomic E-state index is 0.107. The molecule has 3 rings (SSSR count). The van der Waals surface area contributed by atoms with Gasteiger partial charge in [-0.3, -0.25) is 10.1 Å². The number of thiazole rings is 1. The summed E-state index contributed by atoms with van der Waals surface area (Å²) in [5.41, 5.74) is 4.25. The van der Waals surface area contributed by atoms with Crippen molar-refractivity contribution in [2.24, 2.45) is 10.9 Å². The fraction of sp³-hybridized carbons (Fsp3) is 0.375. The van der Waals surface area contributed by atoms with Gasteiger partial charge in [-0.05, 0) is 61.6 Å². The number of benzene rings is 2. The first-order valence-corrected chi connectivity index (χ1v) is 11.3. The van der Waals surface area contributed by atoms with E-state index in [0.29, 0.717) is 5.92 Å². The monoisotopic (exact) mass is 423 g/mol. The molecule has 1 aromatic heterocycles. The lowest BCUT2D eigenvalue weighted by Crippen LogP contribution is -2.20. The summed E-state index contributed by atoms with van der Waals surface area (Å²) in [6.45, 7) is 8.81. The third kappa shape index (κ3) is 5.45. The number of hydrogen-bond acceptors (Lipinski definition) is 4. The van der Waals surface area contributed by atoms with Gasteiger partial charge in [-0.1, -0.05) is 38.8 Å². The molecule has 3 aromatic rings. The molecule has 1 unspecified atom stereocenters. The third-order valence-electron chi connectivity index (χ3n) is 5.19. The van der Waals surface area contributed by atoms with Gasteiger partial charge >= 0.3 is 0 Å². The van der Waals surface area contributed by atoms with E-state index in [1.807, 2.05) is 24.3 Å². The molecule has 30 heavy (non-hydrogen) atoms. The van der Waals surface area contributed by atoms with Gasteiger partial charge in [0.15, 0.2) is 4.80 Å². The first-order valence-electron chi connectivity index (χ1n) is 10.4. The number of nitrogens with zero attached hydrogens (tertiary/aromatic N) is 3. The predicted octanol–water partition coefficient (Wildman–Crippen LogP) is 7.05. The second kappa shape index (κ2) is 9.85. The van der Waals surface area contributed by atoms with Crippen LogP contribution in [0.4, 0.5) is 11.4 Å². The summed E-state index contributed by atoms with van der Waals surface area (Å²) in [7, 11) is 0. The molecular formula is C24H29N3O2S. The lowest BCUT2D eigenvalue weighted by Gasteiger charge is -2.18. The first kappa shape index (κ1) is 22.0. The normalized spacial score (nSPS) is 13.0. The Morgan fingerprint density at radius 1 is 1.10 bits per heavy atom. The van der Waals surface area contributed by atoms with Crippen molar-refractivity contribution < 1.29 is 4.92 Å². The number of nitro groups is 1. The van der Waals surface area contributed by atoms with Crippen LogP contribution in [0.25, 0.3) is 11.3 Å². The Hall–Kier alpha value is -2.73. The van der Waals surface area contributed by atoms with E-state index in [1.54, 1.807) is 23.5 Å². The van der Waals surface area contributed by atoms with Gasteiger partial charge in [-0.2, -0.15) is 0 Å². The Bertz CT molecular complexity index is 1060. The van der Waals surface area contributed by atoms with Crippen molar-refractivity contribution in [3.8, 4) is 11.3 Å². The summed E-state index contributed by atoms with van der Waals surface area (Å²) < 4.78 is 2.29. The highest BCUT2D eigenvalue weighted by Crippen LogP contribution is 2.28. The summed E-state index contributed by atoms with van der Waals surface area (Å²) in [5, 5.41) is 13.1. The summed E-state index contributed by atoms with van der Waals surface area (Å²) in [6.07, 6.45) is 3.42. The van der Waals surface area contributed by atoms with Crippen LogP contribution < -0.4 is 4.80 Å². The fourth-order valence-corrected chi connectivity index (χ4v) is 4.57. The summed E-state index contributed by atoms with van der Waals surface area (Å²) in [5.74, 6) is 0.690. The molecule has 0 radical (unpaired) electrons. The molecule has 0 N–H and O–H groups in total. The fourth-order valence-electron chi connectivity index (χ4n) is 3.55. The second-order valence-electron chi connectivity index (χ2n) is 8.20. The number of nitro benzene ring substituents is 1. The van der Waals surface area contributed by atoms with Crippen molar-refractivity contribution in [2.45, 2.75) is 53.0 Å². The van der Waals surface area contributed by atoms with Crippen molar-refractivity contribution >= 4 is 22.7 Å². The average Bonchev–Trinajstić information content (AvgIpc) is 3.11. The van der Waals surface area contributed by atoms with Crippen LogP contribution >= 0.6 is 11.3 Å². The van der Waals surface area contributed by atoms with Crippen molar-refractivity contribution in [2.75, 3.05) is 0 Å². The van der Waals surface area contributed by atoms with E-state index in [9.17, 15) is 10.1 Å². The lowest BCUT2D eigenvalue weighted by molar-refractivity contribution is -0.384. The lowest BCUT2D eigenvalue weighted by atomic mass is 10.0. The van der Waals surface area contributed by atoms with Crippen LogP contribution in [0, 0.1) is 23.0 Å². The van der Waals surface area contributed by atoms with E-state index in [4.69, 9.17) is 4.99 Å². The number of rotatable bonds is 8. The molecule has 0 aliphatic rings. The SMILES string of the molecule is Cc1cccc(N=c2scc(-c3ccc([N+](=O)[O-])cc3)n2C(C)CCCC(C)C)c1. The molecule has 0 aliphatic heterocycles. The Labute approximate surface area is 181 Å². The van der Waals surface area contributed by atoms with Crippen LogP contribution in [0.3, 0.4) is 0 Å². The highest BCUT2D eigenvalue weighted by molar-refractivity contribution is 7.07. The zero-order chi connectivity index (χ0) is 21.7. The van der Waals surface area contributed by atoms with Gasteiger partial charge in [0.1, 0.15) is 0 Å². The molecule has 0 amide bonds. The predicted molar refractivity (Wildman–Crippen MR) is 124 cm³/mol. The topological polar surface area (TPSA) is 60.4 Å². The van der Waals surface area contributed by atoms with E-state index < -0.39 is 0 Å². The second-order valence-corrected chi connectivity index (χ2v) is 9.04. The first-order chi connectivity index (χ1) is 14.3. The van der Waals surface area contributed by atoms with E-state index in [2.05, 4.69) is 49.8 Å². The minimum atomic E-state index is -0.363. The largest absolute Gasteiger partial charge is 0.314 e. The third-order valence-corrected chi connectivity index (χ3v) is 6.03. The number of aromatic nitrogens is 1. The van der Waals surface area contributed by atoms with Crippen LogP contribution in [0.15, 0.2) is 58.9 Å². The van der Waals surface area contributed by atoms with Crippen molar-refractivity contribution in [1.29, 1.82) is 0 Å². The maximum absolute atomic E-state index is 11.0. The highest BCUT2D eigenvalue weighted by atomic mass is 32.1. The Balaban J connectivity index is 2.04. The smallest absolute Gasteiger partial charge is 0.269 e.